The van der Waals surface area contributed by atoms with Gasteiger partial charge >= 0.3 is 0 Å². The predicted molar refractivity (Wildman–Crippen MR) is 106 cm³/mol. The van der Waals surface area contributed by atoms with E-state index in [1.165, 1.54) is 4.88 Å². The Bertz CT molecular complexity index is 688. The first kappa shape index (κ1) is 19.3. The van der Waals surface area contributed by atoms with Gasteiger partial charge in [0.05, 0.1) is 10.6 Å². The van der Waals surface area contributed by atoms with Crippen LogP contribution >= 0.6 is 22.9 Å². The first-order valence-corrected chi connectivity index (χ1v) is 9.53. The highest BCUT2D eigenvalue weighted by Gasteiger charge is 2.08. The molecule has 25 heavy (non-hydrogen) atoms. The van der Waals surface area contributed by atoms with Crippen molar-refractivity contribution >= 4 is 34.8 Å². The highest BCUT2D eigenvalue weighted by atomic mass is 35.5. The molecule has 3 N–H and O–H groups in total. The van der Waals surface area contributed by atoms with Crippen LogP contribution < -0.4 is 16.0 Å². The van der Waals surface area contributed by atoms with Crippen LogP contribution in [0.3, 0.4) is 0 Å². The molecule has 2 aromatic rings. The van der Waals surface area contributed by atoms with E-state index in [9.17, 15) is 4.79 Å². The van der Waals surface area contributed by atoms with Gasteiger partial charge in [-0.25, -0.2) is 0 Å². The van der Waals surface area contributed by atoms with E-state index in [0.717, 1.165) is 25.5 Å². The summed E-state index contributed by atoms with van der Waals surface area (Å²) in [6.45, 7) is 4.61. The number of carbonyl (C=O) groups excluding carboxylic acids is 1. The predicted octanol–water partition coefficient (Wildman–Crippen LogP) is 2.93. The van der Waals surface area contributed by atoms with Gasteiger partial charge in [0, 0.05) is 37.5 Å². The van der Waals surface area contributed by atoms with Gasteiger partial charge in [0.25, 0.3) is 5.91 Å². The van der Waals surface area contributed by atoms with E-state index in [4.69, 9.17) is 11.6 Å². The number of guanidine groups is 1. The molecule has 1 heterocycles. The summed E-state index contributed by atoms with van der Waals surface area (Å²) >= 11 is 7.76. The summed E-state index contributed by atoms with van der Waals surface area (Å²) < 4.78 is 0. The molecule has 0 aliphatic rings. The lowest BCUT2D eigenvalue weighted by Gasteiger charge is -2.12. The van der Waals surface area contributed by atoms with Gasteiger partial charge in [-0.05, 0) is 30.5 Å². The van der Waals surface area contributed by atoms with Gasteiger partial charge in [0.15, 0.2) is 5.96 Å². The van der Waals surface area contributed by atoms with E-state index in [1.54, 1.807) is 35.6 Å². The second-order valence-electron chi connectivity index (χ2n) is 5.25. The number of amides is 1. The van der Waals surface area contributed by atoms with Gasteiger partial charge in [0.1, 0.15) is 0 Å². The molecular weight excluding hydrogens is 356 g/mol. The molecule has 0 saturated carbocycles. The molecule has 0 radical (unpaired) electrons. The zero-order valence-corrected chi connectivity index (χ0v) is 15.8. The standard InChI is InChI=1S/C18H23ClN4OS/c1-2-20-18(22-10-9-14-6-5-13-25-14)23-12-11-21-17(24)15-7-3-4-8-16(15)19/h3-8,13H,2,9-12H2,1H3,(H,21,24)(H2,20,22,23). The first-order chi connectivity index (χ1) is 12.2. The molecule has 0 saturated heterocycles. The highest BCUT2D eigenvalue weighted by molar-refractivity contribution is 7.09. The molecule has 134 valence electrons. The lowest BCUT2D eigenvalue weighted by molar-refractivity contribution is 0.0954. The van der Waals surface area contributed by atoms with Gasteiger partial charge in [0.2, 0.25) is 0 Å². The number of rotatable bonds is 8. The van der Waals surface area contributed by atoms with E-state index in [2.05, 4.69) is 38.5 Å². The normalized spacial score (nSPS) is 11.2. The van der Waals surface area contributed by atoms with E-state index in [0.29, 0.717) is 23.7 Å². The molecule has 1 aromatic carbocycles. The van der Waals surface area contributed by atoms with Gasteiger partial charge in [-0.15, -0.1) is 11.3 Å². The minimum atomic E-state index is -0.174. The number of carbonyl (C=O) groups is 1. The molecule has 0 aliphatic heterocycles. The molecule has 1 aromatic heterocycles. The van der Waals surface area contributed by atoms with Gasteiger partial charge in [-0.2, -0.15) is 0 Å². The molecule has 5 nitrogen and oxygen atoms in total. The summed E-state index contributed by atoms with van der Waals surface area (Å²) in [5, 5.41) is 11.8. The Morgan fingerprint density at radius 3 is 2.64 bits per heavy atom. The molecule has 0 spiro atoms. The maximum absolute atomic E-state index is 12.1. The maximum Gasteiger partial charge on any atom is 0.252 e. The van der Waals surface area contributed by atoms with Crippen molar-refractivity contribution in [3.63, 3.8) is 0 Å². The van der Waals surface area contributed by atoms with Crippen molar-refractivity contribution in [3.05, 3.63) is 57.2 Å². The van der Waals surface area contributed by atoms with E-state index in [-0.39, 0.29) is 5.91 Å². The van der Waals surface area contributed by atoms with Crippen LogP contribution in [0.25, 0.3) is 0 Å². The fourth-order valence-corrected chi connectivity index (χ4v) is 3.09. The number of nitrogens with zero attached hydrogens (tertiary/aromatic N) is 1. The van der Waals surface area contributed by atoms with Crippen molar-refractivity contribution in [2.75, 3.05) is 26.2 Å². The lowest BCUT2D eigenvalue weighted by atomic mass is 10.2. The van der Waals surface area contributed by atoms with E-state index >= 15 is 0 Å². The molecule has 0 unspecified atom stereocenters. The summed E-state index contributed by atoms with van der Waals surface area (Å²) in [6, 6.07) is 11.2. The Morgan fingerprint density at radius 1 is 1.12 bits per heavy atom. The van der Waals surface area contributed by atoms with Crippen LogP contribution in [0.15, 0.2) is 46.8 Å². The van der Waals surface area contributed by atoms with Crippen molar-refractivity contribution in [1.82, 2.24) is 16.0 Å². The molecule has 0 atom stereocenters. The Hall–Kier alpha value is -2.05. The summed E-state index contributed by atoms with van der Waals surface area (Å²) in [7, 11) is 0. The smallest absolute Gasteiger partial charge is 0.252 e. The third kappa shape index (κ3) is 6.76. The zero-order valence-electron chi connectivity index (χ0n) is 14.2. The van der Waals surface area contributed by atoms with E-state index in [1.807, 2.05) is 6.92 Å². The number of nitrogens with one attached hydrogen (secondary N) is 3. The van der Waals surface area contributed by atoms with Crippen LogP contribution in [0, 0.1) is 0 Å². The lowest BCUT2D eigenvalue weighted by Crippen LogP contribution is -2.41. The van der Waals surface area contributed by atoms with E-state index < -0.39 is 0 Å². The fourth-order valence-electron chi connectivity index (χ4n) is 2.17. The third-order valence-corrected chi connectivity index (χ3v) is 4.64. The van der Waals surface area contributed by atoms with Gasteiger partial charge < -0.3 is 16.0 Å². The minimum Gasteiger partial charge on any atom is -0.357 e. The topological polar surface area (TPSA) is 65.5 Å². The Labute approximate surface area is 157 Å². The average Bonchev–Trinajstić information content (AvgIpc) is 3.12. The van der Waals surface area contributed by atoms with Crippen LogP contribution in [0.2, 0.25) is 5.02 Å². The van der Waals surface area contributed by atoms with Crippen molar-refractivity contribution in [2.24, 2.45) is 4.99 Å². The molecule has 7 heteroatoms. The largest absolute Gasteiger partial charge is 0.357 e. The van der Waals surface area contributed by atoms with Crippen LogP contribution in [0.1, 0.15) is 22.2 Å². The molecule has 0 fully saturated rings. The first-order valence-electron chi connectivity index (χ1n) is 8.28. The number of benzene rings is 1. The zero-order chi connectivity index (χ0) is 17.9. The number of thiophene rings is 1. The molecule has 1 amide bonds. The molecule has 0 aliphatic carbocycles. The average molecular weight is 379 g/mol. The third-order valence-electron chi connectivity index (χ3n) is 3.37. The van der Waals surface area contributed by atoms with Crippen LogP contribution in [0.5, 0.6) is 0 Å². The summed E-state index contributed by atoms with van der Waals surface area (Å²) in [5.41, 5.74) is 0.487. The monoisotopic (exact) mass is 378 g/mol. The summed E-state index contributed by atoms with van der Waals surface area (Å²) in [6.07, 6.45) is 0.928. The fraction of sp³-hybridized carbons (Fsp3) is 0.333. The molecule has 2 rings (SSSR count). The van der Waals surface area contributed by atoms with Gasteiger partial charge in [-0.1, -0.05) is 29.8 Å². The van der Waals surface area contributed by atoms with Crippen molar-refractivity contribution < 1.29 is 4.79 Å². The van der Waals surface area contributed by atoms with Crippen molar-refractivity contribution in [2.45, 2.75) is 13.3 Å². The van der Waals surface area contributed by atoms with Crippen molar-refractivity contribution in [1.29, 1.82) is 0 Å². The molecular formula is C18H23ClN4OS. The SMILES string of the molecule is CCNC(=NCCc1cccs1)NCCNC(=O)c1ccccc1Cl. The second-order valence-corrected chi connectivity index (χ2v) is 6.69. The van der Waals surface area contributed by atoms with Crippen LogP contribution in [-0.4, -0.2) is 38.0 Å². The number of hydrogen-bond donors (Lipinski definition) is 3. The number of hydrogen-bond acceptors (Lipinski definition) is 3. The number of halogens is 1. The van der Waals surface area contributed by atoms with Crippen LogP contribution in [-0.2, 0) is 6.42 Å². The summed E-state index contributed by atoms with van der Waals surface area (Å²) in [4.78, 5) is 17.9. The summed E-state index contributed by atoms with van der Waals surface area (Å²) in [5.74, 6) is 0.582. The molecule has 0 bridgehead atoms. The Balaban J connectivity index is 1.73. The second kappa shape index (κ2) is 10.7. The Morgan fingerprint density at radius 2 is 1.92 bits per heavy atom. The maximum atomic E-state index is 12.1. The highest BCUT2D eigenvalue weighted by Crippen LogP contribution is 2.14. The minimum absolute atomic E-state index is 0.174. The quantitative estimate of drug-likeness (QED) is 0.376. The van der Waals surface area contributed by atoms with Crippen LogP contribution in [0.4, 0.5) is 0 Å². The number of aliphatic imine (C=N–C) groups is 1. The Kier molecular flexibility index (Phi) is 8.28. The van der Waals surface area contributed by atoms with Crippen molar-refractivity contribution in [3.8, 4) is 0 Å². The van der Waals surface area contributed by atoms with Gasteiger partial charge in [-0.3, -0.25) is 9.79 Å².